The number of fused-ring (bicyclic) bond motifs is 2. The predicted octanol–water partition coefficient (Wildman–Crippen LogP) is 1.94. The Morgan fingerprint density at radius 3 is 2.88 bits per heavy atom. The molecule has 1 amide bonds. The summed E-state index contributed by atoms with van der Waals surface area (Å²) < 4.78 is 12.9. The largest absolute Gasteiger partial charge is 0.369 e. The second kappa shape index (κ2) is 5.44. The zero-order valence-corrected chi connectivity index (χ0v) is 14.5. The molecule has 0 aromatic carbocycles. The topological polar surface area (TPSA) is 73.4 Å². The molecule has 2 aromatic heterocycles. The molecule has 0 unspecified atom stereocenters. The maximum atomic E-state index is 13.1. The number of aryl methyl sites for hydroxylation is 2. The molecule has 7 heteroatoms. The summed E-state index contributed by atoms with van der Waals surface area (Å²) in [4.78, 5) is 15.0. The van der Waals surface area contributed by atoms with Gasteiger partial charge < -0.3 is 14.2 Å². The van der Waals surface area contributed by atoms with Crippen LogP contribution in [0.1, 0.15) is 58.7 Å². The Morgan fingerprint density at radius 2 is 2.08 bits per heavy atom. The van der Waals surface area contributed by atoms with Crippen LogP contribution in [0.15, 0.2) is 4.52 Å². The first-order valence-electron chi connectivity index (χ1n) is 8.40. The molecule has 7 nitrogen and oxygen atoms in total. The third-order valence-corrected chi connectivity index (χ3v) is 5.01. The van der Waals surface area contributed by atoms with Crippen LogP contribution in [0.5, 0.6) is 0 Å². The standard InChI is InChI=1S/C17H22N4O3/c1-9-7-13-15(11(3)23-9)18-20(4)16(13)17(22)21-6-5-12-10(2)19-24-14(12)8-21/h9,11H,5-8H2,1-4H3/t9-,11+/m1/s1. The minimum absolute atomic E-state index is 0.00672. The van der Waals surface area contributed by atoms with Crippen LogP contribution in [0.25, 0.3) is 0 Å². The average Bonchev–Trinajstić information content (AvgIpc) is 3.07. The third-order valence-electron chi connectivity index (χ3n) is 5.01. The fraction of sp³-hybridized carbons (Fsp3) is 0.588. The zero-order valence-electron chi connectivity index (χ0n) is 14.5. The van der Waals surface area contributed by atoms with E-state index in [9.17, 15) is 4.79 Å². The first-order valence-corrected chi connectivity index (χ1v) is 8.40. The van der Waals surface area contributed by atoms with Gasteiger partial charge >= 0.3 is 0 Å². The number of rotatable bonds is 1. The fourth-order valence-corrected chi connectivity index (χ4v) is 3.83. The van der Waals surface area contributed by atoms with Crippen molar-refractivity contribution in [3.05, 3.63) is 34.0 Å². The maximum absolute atomic E-state index is 13.1. The highest BCUT2D eigenvalue weighted by atomic mass is 16.5. The van der Waals surface area contributed by atoms with E-state index in [4.69, 9.17) is 9.26 Å². The van der Waals surface area contributed by atoms with Crippen LogP contribution in [0.2, 0.25) is 0 Å². The summed E-state index contributed by atoms with van der Waals surface area (Å²) in [5.74, 6) is 0.806. The number of ether oxygens (including phenoxy) is 1. The highest BCUT2D eigenvalue weighted by molar-refractivity contribution is 5.94. The van der Waals surface area contributed by atoms with Crippen molar-refractivity contribution in [2.75, 3.05) is 6.54 Å². The van der Waals surface area contributed by atoms with E-state index in [-0.39, 0.29) is 18.1 Å². The molecule has 2 aliphatic heterocycles. The van der Waals surface area contributed by atoms with E-state index >= 15 is 0 Å². The molecule has 0 saturated heterocycles. The van der Waals surface area contributed by atoms with E-state index in [0.29, 0.717) is 18.8 Å². The first kappa shape index (κ1) is 15.4. The van der Waals surface area contributed by atoms with Gasteiger partial charge in [0, 0.05) is 31.1 Å². The Balaban J connectivity index is 1.66. The lowest BCUT2D eigenvalue weighted by Gasteiger charge is -2.28. The molecule has 2 atom stereocenters. The molecule has 0 N–H and O–H groups in total. The number of hydrogen-bond acceptors (Lipinski definition) is 5. The summed E-state index contributed by atoms with van der Waals surface area (Å²) in [7, 11) is 1.83. The molecule has 0 radical (unpaired) electrons. The molecule has 2 aliphatic rings. The molecule has 4 rings (SSSR count). The van der Waals surface area contributed by atoms with Crippen molar-refractivity contribution in [1.82, 2.24) is 19.8 Å². The highest BCUT2D eigenvalue weighted by Crippen LogP contribution is 2.32. The summed E-state index contributed by atoms with van der Waals surface area (Å²) in [5, 5.41) is 8.55. The van der Waals surface area contributed by atoms with Crippen molar-refractivity contribution in [3.63, 3.8) is 0 Å². The minimum Gasteiger partial charge on any atom is -0.369 e. The van der Waals surface area contributed by atoms with Crippen LogP contribution in [0, 0.1) is 6.92 Å². The van der Waals surface area contributed by atoms with Gasteiger partial charge in [-0.3, -0.25) is 9.48 Å². The zero-order chi connectivity index (χ0) is 17.0. The molecule has 24 heavy (non-hydrogen) atoms. The SMILES string of the molecule is Cc1noc2c1CCN(C(=O)c1c3c(nn1C)[C@H](C)O[C@H](C)C3)C2. The number of nitrogens with zero attached hydrogens (tertiary/aromatic N) is 4. The number of hydrogen-bond donors (Lipinski definition) is 0. The monoisotopic (exact) mass is 330 g/mol. The van der Waals surface area contributed by atoms with E-state index < -0.39 is 0 Å². The molecule has 4 heterocycles. The molecule has 0 spiro atoms. The molecule has 0 aliphatic carbocycles. The van der Waals surface area contributed by atoms with E-state index in [1.165, 1.54) is 0 Å². The molecule has 0 saturated carbocycles. The van der Waals surface area contributed by atoms with Gasteiger partial charge in [0.05, 0.1) is 30.1 Å². The number of carbonyl (C=O) groups is 1. The first-order chi connectivity index (χ1) is 11.5. The van der Waals surface area contributed by atoms with Gasteiger partial charge in [-0.15, -0.1) is 0 Å². The van der Waals surface area contributed by atoms with Gasteiger partial charge in [0.25, 0.3) is 5.91 Å². The number of aromatic nitrogens is 3. The van der Waals surface area contributed by atoms with Crippen molar-refractivity contribution < 1.29 is 14.1 Å². The second-order valence-electron chi connectivity index (χ2n) is 6.78. The van der Waals surface area contributed by atoms with E-state index in [1.54, 1.807) is 4.68 Å². The van der Waals surface area contributed by atoms with Crippen LogP contribution in [0.4, 0.5) is 0 Å². The van der Waals surface area contributed by atoms with Crippen LogP contribution < -0.4 is 0 Å². The predicted molar refractivity (Wildman–Crippen MR) is 85.6 cm³/mol. The van der Waals surface area contributed by atoms with Crippen molar-refractivity contribution in [3.8, 4) is 0 Å². The Kier molecular flexibility index (Phi) is 3.49. The third kappa shape index (κ3) is 2.26. The van der Waals surface area contributed by atoms with E-state index in [1.807, 2.05) is 32.7 Å². The van der Waals surface area contributed by atoms with Gasteiger partial charge in [-0.2, -0.15) is 5.10 Å². The smallest absolute Gasteiger partial charge is 0.272 e. The van der Waals surface area contributed by atoms with Crippen LogP contribution in [0.3, 0.4) is 0 Å². The lowest BCUT2D eigenvalue weighted by molar-refractivity contribution is -0.00715. The van der Waals surface area contributed by atoms with Crippen LogP contribution in [-0.4, -0.2) is 38.4 Å². The summed E-state index contributed by atoms with van der Waals surface area (Å²) in [6, 6.07) is 0. The lowest BCUT2D eigenvalue weighted by Crippen LogP contribution is -2.37. The van der Waals surface area contributed by atoms with Crippen molar-refractivity contribution >= 4 is 5.91 Å². The van der Waals surface area contributed by atoms with Crippen molar-refractivity contribution in [2.45, 2.75) is 52.4 Å². The summed E-state index contributed by atoms with van der Waals surface area (Å²) in [6.45, 7) is 7.11. The summed E-state index contributed by atoms with van der Waals surface area (Å²) in [5.41, 5.74) is 4.64. The Morgan fingerprint density at radius 1 is 1.29 bits per heavy atom. The quantitative estimate of drug-likeness (QED) is 0.799. The molecule has 0 bridgehead atoms. The molecule has 2 aromatic rings. The van der Waals surface area contributed by atoms with Gasteiger partial charge in [-0.1, -0.05) is 5.16 Å². The minimum atomic E-state index is -0.0821. The van der Waals surface area contributed by atoms with Gasteiger partial charge in [0.15, 0.2) is 5.76 Å². The molecule has 128 valence electrons. The summed E-state index contributed by atoms with van der Waals surface area (Å²) in [6.07, 6.45) is 1.51. The molecule has 0 fully saturated rings. The second-order valence-corrected chi connectivity index (χ2v) is 6.78. The van der Waals surface area contributed by atoms with Crippen LogP contribution >= 0.6 is 0 Å². The summed E-state index contributed by atoms with van der Waals surface area (Å²) >= 11 is 0. The van der Waals surface area contributed by atoms with Crippen LogP contribution in [-0.2, 0) is 31.2 Å². The Labute approximate surface area is 140 Å². The fourth-order valence-electron chi connectivity index (χ4n) is 3.83. The number of carbonyl (C=O) groups excluding carboxylic acids is 1. The lowest BCUT2D eigenvalue weighted by atomic mass is 9.98. The molecular formula is C17H22N4O3. The number of amides is 1. The Bertz CT molecular complexity index is 807. The Hall–Kier alpha value is -2.15. The maximum Gasteiger partial charge on any atom is 0.272 e. The van der Waals surface area contributed by atoms with Gasteiger partial charge in [-0.05, 0) is 27.2 Å². The normalized spacial score (nSPS) is 23.1. The highest BCUT2D eigenvalue weighted by Gasteiger charge is 2.34. The van der Waals surface area contributed by atoms with E-state index in [2.05, 4.69) is 10.3 Å². The van der Waals surface area contributed by atoms with Crippen molar-refractivity contribution in [2.24, 2.45) is 7.05 Å². The van der Waals surface area contributed by atoms with Gasteiger partial charge in [0.1, 0.15) is 5.69 Å². The van der Waals surface area contributed by atoms with Gasteiger partial charge in [0.2, 0.25) is 0 Å². The average molecular weight is 330 g/mol. The van der Waals surface area contributed by atoms with E-state index in [0.717, 1.165) is 41.1 Å². The van der Waals surface area contributed by atoms with Crippen molar-refractivity contribution in [1.29, 1.82) is 0 Å². The van der Waals surface area contributed by atoms with Gasteiger partial charge in [-0.25, -0.2) is 0 Å². The molecular weight excluding hydrogens is 308 g/mol.